The number of hydrogen-bond acceptors (Lipinski definition) is 4. The van der Waals surface area contributed by atoms with Crippen LogP contribution < -0.4 is 5.73 Å². The first-order valence-electron chi connectivity index (χ1n) is 6.85. The molecule has 0 bridgehead atoms. The Morgan fingerprint density at radius 2 is 2.05 bits per heavy atom. The molecule has 110 valence electrons. The predicted octanol–water partition coefficient (Wildman–Crippen LogP) is 4.05. The minimum atomic E-state index is -0.310. The molecule has 0 amide bonds. The number of ether oxygens (including phenoxy) is 1. The van der Waals surface area contributed by atoms with Crippen LogP contribution in [0.3, 0.4) is 0 Å². The predicted molar refractivity (Wildman–Crippen MR) is 87.6 cm³/mol. The molecule has 2 N–H and O–H groups in total. The van der Waals surface area contributed by atoms with E-state index in [1.807, 2.05) is 6.07 Å². The van der Waals surface area contributed by atoms with Gasteiger partial charge < -0.3 is 10.5 Å². The molecular formula is C17H19NO2S. The maximum Gasteiger partial charge on any atom is 0.338 e. The van der Waals surface area contributed by atoms with E-state index in [-0.39, 0.29) is 5.97 Å². The van der Waals surface area contributed by atoms with Gasteiger partial charge in [-0.3, -0.25) is 0 Å². The molecule has 0 aromatic heterocycles. The van der Waals surface area contributed by atoms with Gasteiger partial charge in [0, 0.05) is 16.3 Å². The van der Waals surface area contributed by atoms with Crippen molar-refractivity contribution >= 4 is 23.4 Å². The Hall–Kier alpha value is -1.94. The van der Waals surface area contributed by atoms with Crippen LogP contribution in [-0.2, 0) is 10.5 Å². The van der Waals surface area contributed by atoms with Gasteiger partial charge in [0.15, 0.2) is 0 Å². The van der Waals surface area contributed by atoms with Gasteiger partial charge in [0.25, 0.3) is 0 Å². The summed E-state index contributed by atoms with van der Waals surface area (Å²) in [6, 6.07) is 13.6. The number of anilines is 1. The highest BCUT2D eigenvalue weighted by Gasteiger charge is 2.09. The van der Waals surface area contributed by atoms with Gasteiger partial charge in [-0.2, -0.15) is 0 Å². The molecule has 0 saturated heterocycles. The van der Waals surface area contributed by atoms with Crippen LogP contribution in [0.1, 0.15) is 28.4 Å². The monoisotopic (exact) mass is 301 g/mol. The van der Waals surface area contributed by atoms with E-state index in [9.17, 15) is 4.79 Å². The number of nitrogen functional groups attached to an aromatic ring is 1. The fourth-order valence-electron chi connectivity index (χ4n) is 1.96. The maximum absolute atomic E-state index is 11.8. The van der Waals surface area contributed by atoms with E-state index in [1.165, 1.54) is 11.1 Å². The molecule has 2 rings (SSSR count). The summed E-state index contributed by atoms with van der Waals surface area (Å²) < 4.78 is 5.01. The van der Waals surface area contributed by atoms with Crippen molar-refractivity contribution in [2.24, 2.45) is 0 Å². The average molecular weight is 301 g/mol. The zero-order valence-electron chi connectivity index (χ0n) is 12.3. The average Bonchev–Trinajstić information content (AvgIpc) is 2.46. The van der Waals surface area contributed by atoms with Crippen molar-refractivity contribution < 1.29 is 9.53 Å². The first-order valence-corrected chi connectivity index (χ1v) is 7.83. The lowest BCUT2D eigenvalue weighted by molar-refractivity contribution is 0.0526. The third-order valence-electron chi connectivity index (χ3n) is 3.00. The van der Waals surface area contributed by atoms with E-state index in [0.717, 1.165) is 10.6 Å². The van der Waals surface area contributed by atoms with Crippen LogP contribution >= 0.6 is 11.8 Å². The van der Waals surface area contributed by atoms with Crippen LogP contribution in [-0.4, -0.2) is 12.6 Å². The first-order chi connectivity index (χ1) is 10.1. The number of aryl methyl sites for hydroxylation is 1. The van der Waals surface area contributed by atoms with Crippen molar-refractivity contribution in [1.29, 1.82) is 0 Å². The van der Waals surface area contributed by atoms with Crippen molar-refractivity contribution in [1.82, 2.24) is 0 Å². The standard InChI is InChI=1S/C17H19NO2S/c1-3-20-17(19)14-7-8-15(18)16(10-14)21-11-13-6-4-5-12(2)9-13/h4-10H,3,11,18H2,1-2H3. The highest BCUT2D eigenvalue weighted by molar-refractivity contribution is 7.98. The molecule has 0 saturated carbocycles. The second-order valence-corrected chi connectivity index (χ2v) is 5.77. The number of carbonyl (C=O) groups is 1. The fourth-order valence-corrected chi connectivity index (χ4v) is 2.91. The molecule has 0 aliphatic heterocycles. The number of hydrogen-bond donors (Lipinski definition) is 1. The van der Waals surface area contributed by atoms with Crippen LogP contribution in [0.25, 0.3) is 0 Å². The zero-order chi connectivity index (χ0) is 15.2. The second-order valence-electron chi connectivity index (χ2n) is 4.75. The van der Waals surface area contributed by atoms with Crippen LogP contribution in [0.4, 0.5) is 5.69 Å². The molecule has 0 heterocycles. The van der Waals surface area contributed by atoms with E-state index in [4.69, 9.17) is 10.5 Å². The minimum Gasteiger partial charge on any atom is -0.462 e. The SMILES string of the molecule is CCOC(=O)c1ccc(N)c(SCc2cccc(C)c2)c1. The normalized spacial score (nSPS) is 10.4. The second kappa shape index (κ2) is 7.18. The summed E-state index contributed by atoms with van der Waals surface area (Å²) in [6.45, 7) is 4.24. The van der Waals surface area contributed by atoms with Gasteiger partial charge in [-0.15, -0.1) is 11.8 Å². The van der Waals surface area contributed by atoms with Crippen molar-refractivity contribution in [3.63, 3.8) is 0 Å². The van der Waals surface area contributed by atoms with E-state index in [0.29, 0.717) is 17.9 Å². The Kier molecular flexibility index (Phi) is 5.28. The highest BCUT2D eigenvalue weighted by Crippen LogP contribution is 2.29. The summed E-state index contributed by atoms with van der Waals surface area (Å²) in [5.41, 5.74) is 9.68. The lowest BCUT2D eigenvalue weighted by Crippen LogP contribution is -2.05. The summed E-state index contributed by atoms with van der Waals surface area (Å²) in [5.74, 6) is 0.507. The summed E-state index contributed by atoms with van der Waals surface area (Å²) in [4.78, 5) is 12.7. The lowest BCUT2D eigenvalue weighted by Gasteiger charge is -2.08. The quantitative estimate of drug-likeness (QED) is 0.514. The first kappa shape index (κ1) is 15.4. The molecule has 21 heavy (non-hydrogen) atoms. The van der Waals surface area contributed by atoms with Crippen LogP contribution in [0, 0.1) is 6.92 Å². The molecule has 0 radical (unpaired) electrons. The summed E-state index contributed by atoms with van der Waals surface area (Å²) >= 11 is 1.63. The molecule has 2 aromatic rings. The van der Waals surface area contributed by atoms with E-state index >= 15 is 0 Å². The van der Waals surface area contributed by atoms with Crippen LogP contribution in [0.5, 0.6) is 0 Å². The Balaban J connectivity index is 2.12. The fraction of sp³-hybridized carbons (Fsp3) is 0.235. The van der Waals surface area contributed by atoms with Gasteiger partial charge >= 0.3 is 5.97 Å². The molecule has 4 heteroatoms. The number of esters is 1. The molecule has 2 aromatic carbocycles. The molecular weight excluding hydrogens is 282 g/mol. The van der Waals surface area contributed by atoms with Crippen molar-refractivity contribution in [2.45, 2.75) is 24.5 Å². The third kappa shape index (κ3) is 4.26. The van der Waals surface area contributed by atoms with Gasteiger partial charge in [-0.05, 0) is 37.6 Å². The molecule has 0 atom stereocenters. The molecule has 0 aliphatic carbocycles. The van der Waals surface area contributed by atoms with Crippen molar-refractivity contribution in [3.8, 4) is 0 Å². The Labute approximate surface area is 129 Å². The topological polar surface area (TPSA) is 52.3 Å². The molecule has 0 aliphatic rings. The number of nitrogens with two attached hydrogens (primary N) is 1. The highest BCUT2D eigenvalue weighted by atomic mass is 32.2. The van der Waals surface area contributed by atoms with E-state index in [1.54, 1.807) is 36.9 Å². The number of carbonyl (C=O) groups excluding carboxylic acids is 1. The largest absolute Gasteiger partial charge is 0.462 e. The van der Waals surface area contributed by atoms with Crippen LogP contribution in [0.15, 0.2) is 47.4 Å². The molecule has 0 unspecified atom stereocenters. The summed E-state index contributed by atoms with van der Waals surface area (Å²) in [6.07, 6.45) is 0. The van der Waals surface area contributed by atoms with Crippen molar-refractivity contribution in [2.75, 3.05) is 12.3 Å². The Bertz CT molecular complexity index is 640. The van der Waals surface area contributed by atoms with Crippen LogP contribution in [0.2, 0.25) is 0 Å². The summed E-state index contributed by atoms with van der Waals surface area (Å²) in [7, 11) is 0. The number of benzene rings is 2. The van der Waals surface area contributed by atoms with Gasteiger partial charge in [0.05, 0.1) is 12.2 Å². The Morgan fingerprint density at radius 1 is 1.24 bits per heavy atom. The lowest BCUT2D eigenvalue weighted by atomic mass is 10.2. The molecule has 0 spiro atoms. The smallest absolute Gasteiger partial charge is 0.338 e. The Morgan fingerprint density at radius 3 is 2.76 bits per heavy atom. The van der Waals surface area contributed by atoms with E-state index in [2.05, 4.69) is 25.1 Å². The van der Waals surface area contributed by atoms with Gasteiger partial charge in [0.2, 0.25) is 0 Å². The van der Waals surface area contributed by atoms with Gasteiger partial charge in [-0.1, -0.05) is 29.8 Å². The molecule has 0 fully saturated rings. The zero-order valence-corrected chi connectivity index (χ0v) is 13.1. The maximum atomic E-state index is 11.8. The minimum absolute atomic E-state index is 0.310. The summed E-state index contributed by atoms with van der Waals surface area (Å²) in [5, 5.41) is 0. The van der Waals surface area contributed by atoms with Gasteiger partial charge in [-0.25, -0.2) is 4.79 Å². The third-order valence-corrected chi connectivity index (χ3v) is 4.14. The van der Waals surface area contributed by atoms with Gasteiger partial charge in [0.1, 0.15) is 0 Å². The van der Waals surface area contributed by atoms with E-state index < -0.39 is 0 Å². The number of rotatable bonds is 5. The number of thioether (sulfide) groups is 1. The van der Waals surface area contributed by atoms with Crippen molar-refractivity contribution in [3.05, 3.63) is 59.2 Å². The molecule has 3 nitrogen and oxygen atoms in total.